The fourth-order valence-corrected chi connectivity index (χ4v) is 1.44. The van der Waals surface area contributed by atoms with Crippen LogP contribution < -0.4 is 0 Å². The number of rotatable bonds is 1. The van der Waals surface area contributed by atoms with E-state index in [-0.39, 0.29) is 6.61 Å². The third-order valence-electron chi connectivity index (χ3n) is 2.16. The Morgan fingerprint density at radius 2 is 2.27 bits per heavy atom. The Kier molecular flexibility index (Phi) is 1.62. The SMILES string of the molecule is OCC1CCc2nonc2C1. The van der Waals surface area contributed by atoms with Crippen molar-refractivity contribution in [1.82, 2.24) is 10.3 Å². The van der Waals surface area contributed by atoms with E-state index in [1.54, 1.807) is 0 Å². The number of hydrogen-bond acceptors (Lipinski definition) is 4. The molecule has 1 heterocycles. The van der Waals surface area contributed by atoms with Crippen LogP contribution in [0.15, 0.2) is 4.63 Å². The van der Waals surface area contributed by atoms with E-state index in [2.05, 4.69) is 14.9 Å². The van der Waals surface area contributed by atoms with Crippen molar-refractivity contribution < 1.29 is 9.74 Å². The van der Waals surface area contributed by atoms with Crippen LogP contribution in [-0.4, -0.2) is 22.0 Å². The number of aromatic nitrogens is 2. The second-order valence-corrected chi connectivity index (χ2v) is 2.95. The van der Waals surface area contributed by atoms with Gasteiger partial charge in [0.1, 0.15) is 11.4 Å². The minimum atomic E-state index is 0.242. The van der Waals surface area contributed by atoms with Crippen LogP contribution in [0, 0.1) is 5.92 Å². The van der Waals surface area contributed by atoms with E-state index in [4.69, 9.17) is 5.11 Å². The van der Waals surface area contributed by atoms with Crippen LogP contribution in [0.1, 0.15) is 17.8 Å². The molecular formula is C7H10N2O2. The van der Waals surface area contributed by atoms with Crippen LogP contribution in [0.25, 0.3) is 0 Å². The molecule has 11 heavy (non-hydrogen) atoms. The quantitative estimate of drug-likeness (QED) is 0.626. The van der Waals surface area contributed by atoms with E-state index < -0.39 is 0 Å². The Morgan fingerprint density at radius 1 is 1.45 bits per heavy atom. The molecule has 1 N–H and O–H groups in total. The normalized spacial score (nSPS) is 23.2. The largest absolute Gasteiger partial charge is 0.396 e. The van der Waals surface area contributed by atoms with Crippen molar-refractivity contribution in [2.24, 2.45) is 5.92 Å². The lowest BCUT2D eigenvalue weighted by molar-refractivity contribution is 0.211. The third kappa shape index (κ3) is 1.14. The maximum atomic E-state index is 8.88. The fraction of sp³-hybridized carbons (Fsp3) is 0.714. The van der Waals surface area contributed by atoms with Crippen molar-refractivity contribution in [3.63, 3.8) is 0 Å². The van der Waals surface area contributed by atoms with Crippen LogP contribution in [0.3, 0.4) is 0 Å². The lowest BCUT2D eigenvalue weighted by atomic mass is 9.91. The summed E-state index contributed by atoms with van der Waals surface area (Å²) >= 11 is 0. The third-order valence-corrected chi connectivity index (χ3v) is 2.16. The molecule has 1 atom stereocenters. The van der Waals surface area contributed by atoms with Crippen molar-refractivity contribution in [3.05, 3.63) is 11.4 Å². The van der Waals surface area contributed by atoms with Gasteiger partial charge >= 0.3 is 0 Å². The van der Waals surface area contributed by atoms with Gasteiger partial charge in [-0.1, -0.05) is 10.3 Å². The van der Waals surface area contributed by atoms with Gasteiger partial charge in [0.05, 0.1) is 0 Å². The van der Waals surface area contributed by atoms with Crippen molar-refractivity contribution in [3.8, 4) is 0 Å². The van der Waals surface area contributed by atoms with Gasteiger partial charge in [-0.3, -0.25) is 0 Å². The van der Waals surface area contributed by atoms with Crippen LogP contribution in [0.5, 0.6) is 0 Å². The molecule has 0 saturated carbocycles. The summed E-state index contributed by atoms with van der Waals surface area (Å²) < 4.78 is 4.58. The second-order valence-electron chi connectivity index (χ2n) is 2.95. The average Bonchev–Trinajstić information content (AvgIpc) is 2.50. The first-order valence-electron chi connectivity index (χ1n) is 3.81. The van der Waals surface area contributed by atoms with Crippen molar-refractivity contribution in [1.29, 1.82) is 0 Å². The zero-order chi connectivity index (χ0) is 7.68. The van der Waals surface area contributed by atoms with Crippen molar-refractivity contribution >= 4 is 0 Å². The minimum Gasteiger partial charge on any atom is -0.396 e. The Labute approximate surface area is 64.2 Å². The number of hydrogen-bond donors (Lipinski definition) is 1. The zero-order valence-corrected chi connectivity index (χ0v) is 6.16. The molecule has 4 nitrogen and oxygen atoms in total. The molecule has 1 aliphatic carbocycles. The molecule has 60 valence electrons. The van der Waals surface area contributed by atoms with Crippen molar-refractivity contribution in [2.45, 2.75) is 19.3 Å². The molecule has 0 amide bonds. The zero-order valence-electron chi connectivity index (χ0n) is 6.16. The highest BCUT2D eigenvalue weighted by molar-refractivity contribution is 5.11. The van der Waals surface area contributed by atoms with E-state index in [1.807, 2.05) is 0 Å². The average molecular weight is 154 g/mol. The highest BCUT2D eigenvalue weighted by Crippen LogP contribution is 2.21. The number of aryl methyl sites for hydroxylation is 1. The van der Waals surface area contributed by atoms with Gasteiger partial charge in [0.2, 0.25) is 0 Å². The minimum absolute atomic E-state index is 0.242. The Bertz CT molecular complexity index is 246. The molecule has 1 aromatic heterocycles. The number of fused-ring (bicyclic) bond motifs is 1. The van der Waals surface area contributed by atoms with Crippen LogP contribution in [0.4, 0.5) is 0 Å². The van der Waals surface area contributed by atoms with Gasteiger partial charge in [-0.25, -0.2) is 4.63 Å². The summed E-state index contributed by atoms with van der Waals surface area (Å²) in [5.41, 5.74) is 1.89. The maximum Gasteiger partial charge on any atom is 0.108 e. The highest BCUT2D eigenvalue weighted by atomic mass is 16.6. The standard InChI is InChI=1S/C7H10N2O2/c10-4-5-1-2-6-7(3-5)9-11-8-6/h5,10H,1-4H2. The van der Waals surface area contributed by atoms with Gasteiger partial charge in [0.15, 0.2) is 0 Å². The molecule has 4 heteroatoms. The summed E-state index contributed by atoms with van der Waals surface area (Å²) in [7, 11) is 0. The number of aliphatic hydroxyl groups excluding tert-OH is 1. The molecule has 1 unspecified atom stereocenters. The molecule has 0 bridgehead atoms. The van der Waals surface area contributed by atoms with E-state index in [0.29, 0.717) is 5.92 Å². The topological polar surface area (TPSA) is 59.2 Å². The molecule has 0 spiro atoms. The first-order chi connectivity index (χ1) is 5.40. The Balaban J connectivity index is 2.18. The molecule has 2 rings (SSSR count). The lowest BCUT2D eigenvalue weighted by Crippen LogP contribution is -2.17. The monoisotopic (exact) mass is 154 g/mol. The van der Waals surface area contributed by atoms with Crippen molar-refractivity contribution in [2.75, 3.05) is 6.61 Å². The van der Waals surface area contributed by atoms with E-state index in [9.17, 15) is 0 Å². The molecule has 0 saturated heterocycles. The summed E-state index contributed by atoms with van der Waals surface area (Å²) in [6.45, 7) is 0.242. The Morgan fingerprint density at radius 3 is 3.09 bits per heavy atom. The summed E-state index contributed by atoms with van der Waals surface area (Å²) in [6, 6.07) is 0. The molecule has 0 fully saturated rings. The summed E-state index contributed by atoms with van der Waals surface area (Å²) in [5, 5.41) is 16.4. The van der Waals surface area contributed by atoms with Crippen LogP contribution in [0.2, 0.25) is 0 Å². The molecular weight excluding hydrogens is 144 g/mol. The molecule has 0 aromatic carbocycles. The van der Waals surface area contributed by atoms with Gasteiger partial charge in [-0.05, 0) is 18.8 Å². The van der Waals surface area contributed by atoms with E-state index in [1.165, 1.54) is 0 Å². The second kappa shape index (κ2) is 2.62. The molecule has 0 aliphatic heterocycles. The highest BCUT2D eigenvalue weighted by Gasteiger charge is 2.21. The predicted octanol–water partition coefficient (Wildman–Crippen LogP) is 0.167. The van der Waals surface area contributed by atoms with Gasteiger partial charge in [-0.15, -0.1) is 0 Å². The van der Waals surface area contributed by atoms with Gasteiger partial charge < -0.3 is 5.11 Å². The predicted molar refractivity (Wildman–Crippen MR) is 36.9 cm³/mol. The smallest absolute Gasteiger partial charge is 0.108 e. The summed E-state index contributed by atoms with van der Waals surface area (Å²) in [5.74, 6) is 0.356. The Hall–Kier alpha value is -0.900. The number of aliphatic hydroxyl groups is 1. The van der Waals surface area contributed by atoms with Gasteiger partial charge in [-0.2, -0.15) is 0 Å². The maximum absolute atomic E-state index is 8.88. The summed E-state index contributed by atoms with van der Waals surface area (Å²) in [6.07, 6.45) is 2.71. The van der Waals surface area contributed by atoms with Crippen LogP contribution in [-0.2, 0) is 12.8 Å². The molecule has 1 aromatic rings. The first kappa shape index (κ1) is 6.79. The summed E-state index contributed by atoms with van der Waals surface area (Å²) in [4.78, 5) is 0. The number of nitrogens with zero attached hydrogens (tertiary/aromatic N) is 2. The van der Waals surface area contributed by atoms with Crippen LogP contribution >= 0.6 is 0 Å². The molecule has 1 aliphatic rings. The fourth-order valence-electron chi connectivity index (χ4n) is 1.44. The van der Waals surface area contributed by atoms with Gasteiger partial charge in [0.25, 0.3) is 0 Å². The lowest BCUT2D eigenvalue weighted by Gasteiger charge is -2.16. The van der Waals surface area contributed by atoms with E-state index >= 15 is 0 Å². The first-order valence-corrected chi connectivity index (χ1v) is 3.81. The van der Waals surface area contributed by atoms with E-state index in [0.717, 1.165) is 30.7 Å². The van der Waals surface area contributed by atoms with Gasteiger partial charge in [0, 0.05) is 13.0 Å². The molecule has 0 radical (unpaired) electrons.